The number of aromatic amines is 1. The number of unbranched alkanes of at least 4 members (excludes halogenated alkanes) is 1. The second-order valence-corrected chi connectivity index (χ2v) is 6.18. The topological polar surface area (TPSA) is 51.0 Å². The molecule has 3 aromatic rings. The molecule has 138 valence electrons. The van der Waals surface area contributed by atoms with Gasteiger partial charge >= 0.3 is 6.18 Å². The normalized spacial score (nSPS) is 11.9. The molecule has 0 saturated carbocycles. The molecule has 0 atom stereocenters. The smallest absolute Gasteiger partial charge is 0.416 e. The number of H-pyrrole nitrogens is 1. The number of nitrogens with one attached hydrogen (secondary N) is 1. The van der Waals surface area contributed by atoms with Crippen LogP contribution in [0.3, 0.4) is 0 Å². The maximum Gasteiger partial charge on any atom is 0.416 e. The number of hydrogen-bond donors (Lipinski definition) is 2. The Balaban J connectivity index is 2.19. The van der Waals surface area contributed by atoms with Gasteiger partial charge < -0.3 is 15.5 Å². The van der Waals surface area contributed by atoms with E-state index in [4.69, 9.17) is 10.5 Å². The van der Waals surface area contributed by atoms with Crippen LogP contribution in [0.2, 0.25) is 0 Å². The molecule has 0 fully saturated rings. The van der Waals surface area contributed by atoms with Crippen molar-refractivity contribution in [2.45, 2.75) is 25.4 Å². The van der Waals surface area contributed by atoms with Crippen molar-refractivity contribution in [2.75, 3.05) is 13.7 Å². The molecule has 0 saturated heterocycles. The zero-order valence-electron chi connectivity index (χ0n) is 14.5. The predicted molar refractivity (Wildman–Crippen MR) is 97.3 cm³/mol. The summed E-state index contributed by atoms with van der Waals surface area (Å²) in [6.07, 6.45) is -2.10. The molecular formula is C20H21F3N2O. The van der Waals surface area contributed by atoms with E-state index in [1.165, 1.54) is 12.1 Å². The highest BCUT2D eigenvalue weighted by atomic mass is 19.4. The van der Waals surface area contributed by atoms with E-state index in [0.717, 1.165) is 35.7 Å². The lowest BCUT2D eigenvalue weighted by Crippen LogP contribution is -2.04. The second kappa shape index (κ2) is 7.41. The maximum atomic E-state index is 13.2. The minimum atomic E-state index is -4.37. The summed E-state index contributed by atoms with van der Waals surface area (Å²) < 4.78 is 44.9. The number of para-hydroxylation sites is 1. The lowest BCUT2D eigenvalue weighted by Gasteiger charge is -2.10. The molecule has 0 aliphatic carbocycles. The highest BCUT2D eigenvalue weighted by molar-refractivity contribution is 5.92. The van der Waals surface area contributed by atoms with Crippen LogP contribution in [0.1, 0.15) is 24.0 Å². The first-order valence-corrected chi connectivity index (χ1v) is 8.51. The lowest BCUT2D eigenvalue weighted by atomic mass is 9.99. The summed E-state index contributed by atoms with van der Waals surface area (Å²) in [5, 5.41) is 0.595. The summed E-state index contributed by atoms with van der Waals surface area (Å²) >= 11 is 0. The van der Waals surface area contributed by atoms with Gasteiger partial charge in [-0.15, -0.1) is 0 Å². The Kier molecular flexibility index (Phi) is 5.23. The Morgan fingerprint density at radius 1 is 1.08 bits per heavy atom. The number of fused-ring (bicyclic) bond motifs is 1. The molecule has 0 aliphatic heterocycles. The number of nitrogens with two attached hydrogens (primary N) is 1. The van der Waals surface area contributed by atoms with E-state index in [-0.39, 0.29) is 0 Å². The van der Waals surface area contributed by atoms with Gasteiger partial charge in [-0.2, -0.15) is 13.2 Å². The first-order valence-electron chi connectivity index (χ1n) is 8.51. The molecule has 6 heteroatoms. The summed E-state index contributed by atoms with van der Waals surface area (Å²) in [7, 11) is 1.58. The first kappa shape index (κ1) is 18.3. The van der Waals surface area contributed by atoms with Crippen LogP contribution in [0.25, 0.3) is 22.2 Å². The molecule has 3 rings (SSSR count). The zero-order chi connectivity index (χ0) is 18.7. The number of aromatic nitrogens is 1. The first-order chi connectivity index (χ1) is 12.5. The van der Waals surface area contributed by atoms with Crippen LogP contribution in [0.4, 0.5) is 13.2 Å². The number of alkyl halides is 3. The fourth-order valence-corrected chi connectivity index (χ4v) is 3.21. The molecule has 2 aromatic carbocycles. The molecule has 0 unspecified atom stereocenters. The van der Waals surface area contributed by atoms with Gasteiger partial charge in [0.05, 0.1) is 18.4 Å². The third kappa shape index (κ3) is 3.55. The van der Waals surface area contributed by atoms with E-state index in [1.54, 1.807) is 7.11 Å². The van der Waals surface area contributed by atoms with Crippen molar-refractivity contribution in [1.82, 2.24) is 4.98 Å². The Hall–Kier alpha value is -2.47. The quantitative estimate of drug-likeness (QED) is 0.596. The highest BCUT2D eigenvalue weighted by Crippen LogP contribution is 2.39. The summed E-state index contributed by atoms with van der Waals surface area (Å²) in [6, 6.07) is 11.3. The number of benzene rings is 2. The summed E-state index contributed by atoms with van der Waals surface area (Å²) in [6.45, 7) is 0.556. The van der Waals surface area contributed by atoms with Crippen LogP contribution in [-0.4, -0.2) is 18.6 Å². The second-order valence-electron chi connectivity index (χ2n) is 6.18. The fourth-order valence-electron chi connectivity index (χ4n) is 3.21. The van der Waals surface area contributed by atoms with Crippen molar-refractivity contribution in [3.8, 4) is 17.0 Å². The van der Waals surface area contributed by atoms with Crippen molar-refractivity contribution in [2.24, 2.45) is 5.73 Å². The van der Waals surface area contributed by atoms with Gasteiger partial charge in [-0.3, -0.25) is 0 Å². The van der Waals surface area contributed by atoms with Crippen LogP contribution in [-0.2, 0) is 12.6 Å². The molecular weight excluding hydrogens is 341 g/mol. The third-order valence-electron chi connectivity index (χ3n) is 4.49. The van der Waals surface area contributed by atoms with E-state index in [9.17, 15) is 13.2 Å². The van der Waals surface area contributed by atoms with Gasteiger partial charge in [-0.1, -0.05) is 12.1 Å². The van der Waals surface area contributed by atoms with Gasteiger partial charge in [-0.25, -0.2) is 0 Å². The SMILES string of the molecule is COc1ccccc1-c1[nH]c2ccc(C(F)(F)F)cc2c1CCCCN. The highest BCUT2D eigenvalue weighted by Gasteiger charge is 2.31. The van der Waals surface area contributed by atoms with Crippen molar-refractivity contribution in [3.63, 3.8) is 0 Å². The summed E-state index contributed by atoms with van der Waals surface area (Å²) in [4.78, 5) is 3.28. The molecule has 1 aromatic heterocycles. The Morgan fingerprint density at radius 2 is 1.85 bits per heavy atom. The van der Waals surface area contributed by atoms with E-state index < -0.39 is 11.7 Å². The number of halogens is 3. The zero-order valence-corrected chi connectivity index (χ0v) is 14.5. The molecule has 3 nitrogen and oxygen atoms in total. The van der Waals surface area contributed by atoms with Crippen LogP contribution in [0, 0.1) is 0 Å². The average molecular weight is 362 g/mol. The van der Waals surface area contributed by atoms with Gasteiger partial charge in [0.1, 0.15) is 5.75 Å². The van der Waals surface area contributed by atoms with Crippen LogP contribution >= 0.6 is 0 Å². The Bertz CT molecular complexity index is 900. The Labute approximate surface area is 150 Å². The molecule has 3 N–H and O–H groups in total. The number of hydrogen-bond acceptors (Lipinski definition) is 2. The van der Waals surface area contributed by atoms with Gasteiger partial charge in [0.2, 0.25) is 0 Å². The van der Waals surface area contributed by atoms with Crippen molar-refractivity contribution < 1.29 is 17.9 Å². The van der Waals surface area contributed by atoms with E-state index in [1.807, 2.05) is 24.3 Å². The van der Waals surface area contributed by atoms with E-state index in [2.05, 4.69) is 4.98 Å². The van der Waals surface area contributed by atoms with Crippen LogP contribution in [0.15, 0.2) is 42.5 Å². The van der Waals surface area contributed by atoms with Gasteiger partial charge in [0.15, 0.2) is 0 Å². The molecule has 0 amide bonds. The number of aryl methyl sites for hydroxylation is 1. The van der Waals surface area contributed by atoms with Crippen molar-refractivity contribution >= 4 is 10.9 Å². The van der Waals surface area contributed by atoms with Crippen molar-refractivity contribution in [1.29, 1.82) is 0 Å². The van der Waals surface area contributed by atoms with Gasteiger partial charge in [0, 0.05) is 16.5 Å². The molecule has 1 heterocycles. The summed E-state index contributed by atoms with van der Waals surface area (Å²) in [5.41, 5.74) is 8.12. The third-order valence-corrected chi connectivity index (χ3v) is 4.49. The molecule has 0 spiro atoms. The standard InChI is InChI=1S/C20H21F3N2O/c1-26-18-8-3-2-7-15(18)19-14(6-4-5-11-24)16-12-13(20(21,22)23)9-10-17(16)25-19/h2-3,7-10,12,25H,4-6,11,24H2,1H3. The molecule has 0 radical (unpaired) electrons. The van der Waals surface area contributed by atoms with Crippen LogP contribution in [0.5, 0.6) is 5.75 Å². The monoisotopic (exact) mass is 362 g/mol. The largest absolute Gasteiger partial charge is 0.496 e. The number of methoxy groups -OCH3 is 1. The predicted octanol–water partition coefficient (Wildman–Crippen LogP) is 5.14. The molecule has 26 heavy (non-hydrogen) atoms. The number of ether oxygens (including phenoxy) is 1. The fraction of sp³-hybridized carbons (Fsp3) is 0.300. The van der Waals surface area contributed by atoms with Crippen molar-refractivity contribution in [3.05, 3.63) is 53.6 Å². The van der Waals surface area contributed by atoms with E-state index in [0.29, 0.717) is 29.6 Å². The van der Waals surface area contributed by atoms with Crippen LogP contribution < -0.4 is 10.5 Å². The lowest BCUT2D eigenvalue weighted by molar-refractivity contribution is -0.137. The Morgan fingerprint density at radius 3 is 2.54 bits per heavy atom. The molecule has 0 aliphatic rings. The maximum absolute atomic E-state index is 13.2. The summed E-state index contributed by atoms with van der Waals surface area (Å²) in [5.74, 6) is 0.676. The van der Waals surface area contributed by atoms with Gasteiger partial charge in [-0.05, 0) is 61.7 Å². The molecule has 0 bridgehead atoms. The van der Waals surface area contributed by atoms with Gasteiger partial charge in [0.25, 0.3) is 0 Å². The minimum absolute atomic E-state index is 0.556. The minimum Gasteiger partial charge on any atom is -0.496 e. The number of rotatable bonds is 6. The average Bonchev–Trinajstić information content (AvgIpc) is 2.99. The van der Waals surface area contributed by atoms with E-state index >= 15 is 0 Å².